The van der Waals surface area contributed by atoms with Gasteiger partial charge in [0.15, 0.2) is 0 Å². The molecule has 1 rings (SSSR count). The summed E-state index contributed by atoms with van der Waals surface area (Å²) in [5.74, 6) is -0.699. The molecule has 1 aliphatic rings. The monoisotopic (exact) mass is 215 g/mol. The summed E-state index contributed by atoms with van der Waals surface area (Å²) in [6.45, 7) is 0.318. The highest BCUT2D eigenvalue weighted by molar-refractivity contribution is 5.89. The van der Waals surface area contributed by atoms with Gasteiger partial charge in [-0.05, 0) is 0 Å². The number of rotatable bonds is 1. The zero-order valence-corrected chi connectivity index (χ0v) is 8.65. The van der Waals surface area contributed by atoms with E-state index in [1.165, 1.54) is 19.1 Å². The van der Waals surface area contributed by atoms with E-state index in [-0.39, 0.29) is 24.3 Å². The molecule has 6 heteroatoms. The van der Waals surface area contributed by atoms with Gasteiger partial charge >= 0.3 is 12.1 Å². The summed E-state index contributed by atoms with van der Waals surface area (Å²) < 4.78 is 8.99. The Morgan fingerprint density at radius 2 is 2.00 bits per heavy atom. The molecular weight excluding hydrogens is 202 g/mol. The van der Waals surface area contributed by atoms with E-state index >= 15 is 0 Å². The van der Waals surface area contributed by atoms with Crippen LogP contribution in [0.15, 0.2) is 11.3 Å². The van der Waals surface area contributed by atoms with Crippen molar-refractivity contribution in [3.8, 4) is 0 Å². The van der Waals surface area contributed by atoms with Crippen molar-refractivity contribution >= 4 is 12.1 Å². The van der Waals surface area contributed by atoms with Gasteiger partial charge in [0.05, 0.1) is 26.3 Å². The van der Waals surface area contributed by atoms with Crippen molar-refractivity contribution in [2.45, 2.75) is 6.42 Å². The lowest BCUT2D eigenvalue weighted by molar-refractivity contribution is -0.136. The minimum Gasteiger partial charge on any atom is -0.510 e. The van der Waals surface area contributed by atoms with E-state index in [0.29, 0.717) is 6.54 Å². The van der Waals surface area contributed by atoms with Crippen LogP contribution in [0.3, 0.4) is 0 Å². The number of hydrogen-bond acceptors (Lipinski definition) is 5. The highest BCUT2D eigenvalue weighted by Crippen LogP contribution is 2.17. The zero-order chi connectivity index (χ0) is 11.4. The molecule has 1 amide bonds. The van der Waals surface area contributed by atoms with Crippen molar-refractivity contribution in [2.75, 3.05) is 27.3 Å². The number of carbonyl (C=O) groups excluding carboxylic acids is 2. The minimum absolute atomic E-state index is 0.0168. The first-order valence-electron chi connectivity index (χ1n) is 4.42. The normalized spacial score (nSPS) is 16.3. The smallest absolute Gasteiger partial charge is 0.409 e. The third-order valence-electron chi connectivity index (χ3n) is 2.19. The van der Waals surface area contributed by atoms with Crippen LogP contribution in [0.5, 0.6) is 0 Å². The molecule has 15 heavy (non-hydrogen) atoms. The average molecular weight is 215 g/mol. The number of ether oxygens (including phenoxy) is 2. The Labute approximate surface area is 87.1 Å². The summed E-state index contributed by atoms with van der Waals surface area (Å²) in [4.78, 5) is 23.6. The molecule has 1 heterocycles. The third kappa shape index (κ3) is 2.39. The fourth-order valence-corrected chi connectivity index (χ4v) is 1.37. The van der Waals surface area contributed by atoms with Crippen molar-refractivity contribution in [1.29, 1.82) is 0 Å². The Morgan fingerprint density at radius 3 is 2.47 bits per heavy atom. The molecule has 1 aliphatic heterocycles. The molecule has 84 valence electrons. The van der Waals surface area contributed by atoms with Crippen LogP contribution < -0.4 is 0 Å². The Kier molecular flexibility index (Phi) is 3.54. The van der Waals surface area contributed by atoms with Crippen LogP contribution in [0.1, 0.15) is 6.42 Å². The Balaban J connectivity index is 2.74. The molecule has 0 aromatic carbocycles. The maximum Gasteiger partial charge on any atom is 0.409 e. The second-order valence-electron chi connectivity index (χ2n) is 3.06. The summed E-state index contributed by atoms with van der Waals surface area (Å²) in [5.41, 5.74) is 0.220. The predicted molar refractivity (Wildman–Crippen MR) is 50.3 cm³/mol. The quantitative estimate of drug-likeness (QED) is 0.642. The van der Waals surface area contributed by atoms with E-state index in [2.05, 4.69) is 9.47 Å². The van der Waals surface area contributed by atoms with Gasteiger partial charge in [-0.1, -0.05) is 0 Å². The molecule has 6 nitrogen and oxygen atoms in total. The summed E-state index contributed by atoms with van der Waals surface area (Å²) >= 11 is 0. The van der Waals surface area contributed by atoms with E-state index in [1.807, 2.05) is 0 Å². The van der Waals surface area contributed by atoms with Gasteiger partial charge < -0.3 is 19.5 Å². The molecule has 0 aromatic rings. The number of hydrogen-bond donors (Lipinski definition) is 1. The first kappa shape index (κ1) is 11.4. The van der Waals surface area contributed by atoms with Crippen molar-refractivity contribution in [3.63, 3.8) is 0 Å². The molecule has 0 fully saturated rings. The fraction of sp³-hybridized carbons (Fsp3) is 0.556. The van der Waals surface area contributed by atoms with Gasteiger partial charge in [-0.2, -0.15) is 0 Å². The van der Waals surface area contributed by atoms with E-state index in [0.717, 1.165) is 0 Å². The molecule has 0 saturated carbocycles. The lowest BCUT2D eigenvalue weighted by Gasteiger charge is -2.26. The second kappa shape index (κ2) is 4.68. The van der Waals surface area contributed by atoms with Crippen molar-refractivity contribution in [1.82, 2.24) is 4.90 Å². The van der Waals surface area contributed by atoms with E-state index in [4.69, 9.17) is 0 Å². The van der Waals surface area contributed by atoms with Gasteiger partial charge in [-0.25, -0.2) is 9.59 Å². The molecule has 0 radical (unpaired) electrons. The molecule has 0 saturated heterocycles. The molecule has 0 spiro atoms. The molecule has 0 atom stereocenters. The van der Waals surface area contributed by atoms with Gasteiger partial charge in [0, 0.05) is 13.0 Å². The number of methoxy groups -OCH3 is 2. The van der Waals surface area contributed by atoms with Crippen LogP contribution in [-0.4, -0.2) is 49.4 Å². The molecule has 0 bridgehead atoms. The summed E-state index contributed by atoms with van der Waals surface area (Å²) in [6, 6.07) is 0. The first-order valence-corrected chi connectivity index (χ1v) is 4.42. The van der Waals surface area contributed by atoms with E-state index < -0.39 is 12.1 Å². The standard InChI is InChI=1S/C9H13NO5/c1-14-8(12)6-3-4-10(5-7(6)11)9(13)15-2/h11H,3-5H2,1-2H3. The minimum atomic E-state index is -0.558. The Morgan fingerprint density at radius 1 is 1.33 bits per heavy atom. The number of amides is 1. The SMILES string of the molecule is COC(=O)C1=C(O)CN(C(=O)OC)CC1. The van der Waals surface area contributed by atoms with Crippen molar-refractivity contribution < 1.29 is 24.2 Å². The summed E-state index contributed by atoms with van der Waals surface area (Å²) in [5, 5.41) is 9.51. The number of aliphatic hydroxyl groups excluding tert-OH is 1. The number of aliphatic hydroxyl groups is 1. The molecule has 0 aliphatic carbocycles. The highest BCUT2D eigenvalue weighted by atomic mass is 16.5. The maximum absolute atomic E-state index is 11.1. The number of carbonyl (C=O) groups is 2. The predicted octanol–water partition coefficient (Wildman–Crippen LogP) is 0.444. The van der Waals surface area contributed by atoms with Gasteiger partial charge in [0.25, 0.3) is 0 Å². The molecule has 0 unspecified atom stereocenters. The van der Waals surface area contributed by atoms with Crippen molar-refractivity contribution in [2.24, 2.45) is 0 Å². The van der Waals surface area contributed by atoms with E-state index in [9.17, 15) is 14.7 Å². The van der Waals surface area contributed by atoms with Crippen LogP contribution in [0.4, 0.5) is 4.79 Å². The van der Waals surface area contributed by atoms with E-state index in [1.54, 1.807) is 0 Å². The number of nitrogens with zero attached hydrogens (tertiary/aromatic N) is 1. The lowest BCUT2D eigenvalue weighted by atomic mass is 10.1. The fourth-order valence-electron chi connectivity index (χ4n) is 1.37. The van der Waals surface area contributed by atoms with Gasteiger partial charge in [0.1, 0.15) is 5.76 Å². The van der Waals surface area contributed by atoms with Gasteiger partial charge in [-0.15, -0.1) is 0 Å². The number of esters is 1. The second-order valence-corrected chi connectivity index (χ2v) is 3.06. The average Bonchev–Trinajstić information content (AvgIpc) is 2.26. The Bertz CT molecular complexity index is 310. The van der Waals surface area contributed by atoms with Crippen LogP contribution >= 0.6 is 0 Å². The lowest BCUT2D eigenvalue weighted by Crippen LogP contribution is -2.38. The largest absolute Gasteiger partial charge is 0.510 e. The highest BCUT2D eigenvalue weighted by Gasteiger charge is 2.26. The Hall–Kier alpha value is -1.72. The van der Waals surface area contributed by atoms with Gasteiger partial charge in [0.2, 0.25) is 0 Å². The summed E-state index contributed by atoms with van der Waals surface area (Å²) in [6.07, 6.45) is -0.251. The van der Waals surface area contributed by atoms with Gasteiger partial charge in [-0.3, -0.25) is 0 Å². The van der Waals surface area contributed by atoms with Crippen LogP contribution in [0, 0.1) is 0 Å². The molecule has 1 N–H and O–H groups in total. The third-order valence-corrected chi connectivity index (χ3v) is 2.19. The van der Waals surface area contributed by atoms with Crippen LogP contribution in [0.25, 0.3) is 0 Å². The maximum atomic E-state index is 11.1. The van der Waals surface area contributed by atoms with Crippen LogP contribution in [0.2, 0.25) is 0 Å². The summed E-state index contributed by atoms with van der Waals surface area (Å²) in [7, 11) is 2.51. The van der Waals surface area contributed by atoms with Crippen molar-refractivity contribution in [3.05, 3.63) is 11.3 Å². The topological polar surface area (TPSA) is 76.1 Å². The molecule has 0 aromatic heterocycles. The molecular formula is C9H13NO5. The first-order chi connectivity index (χ1) is 7.10. The zero-order valence-electron chi connectivity index (χ0n) is 8.65. The van der Waals surface area contributed by atoms with Crippen LogP contribution in [-0.2, 0) is 14.3 Å².